The molecule has 20 heavy (non-hydrogen) atoms. The second kappa shape index (κ2) is 5.51. The zero-order chi connectivity index (χ0) is 15.0. The van der Waals surface area contributed by atoms with E-state index in [-0.39, 0.29) is 0 Å². The lowest BCUT2D eigenvalue weighted by Crippen LogP contribution is -2.52. The predicted octanol–water partition coefficient (Wildman–Crippen LogP) is 4.72. The minimum atomic E-state index is -2.27. The van der Waals surface area contributed by atoms with E-state index < -0.39 is 21.2 Å². The van der Waals surface area contributed by atoms with Crippen LogP contribution >= 0.6 is 34.8 Å². The van der Waals surface area contributed by atoms with Crippen molar-refractivity contribution in [3.05, 3.63) is 54.1 Å². The van der Waals surface area contributed by atoms with Gasteiger partial charge in [-0.3, -0.25) is 4.79 Å². The lowest BCUT2D eigenvalue weighted by molar-refractivity contribution is -0.113. The maximum Gasteiger partial charge on any atom is 0.243 e. The summed E-state index contributed by atoms with van der Waals surface area (Å²) in [5, 5.41) is -2.53. The lowest BCUT2D eigenvalue weighted by atomic mass is 9.79. The molecule has 0 fully saturated rings. The quantitative estimate of drug-likeness (QED) is 0.578. The van der Waals surface area contributed by atoms with E-state index in [9.17, 15) is 4.79 Å². The van der Waals surface area contributed by atoms with E-state index in [0.29, 0.717) is 5.57 Å². The standard InChI is InChI=1S/C15H12Cl3FO/c1-14(18)8-7-11(10-5-3-2-4-6-10)9-15(14,19)12(16)13(17)20/h2-9,12H,1H3. The summed E-state index contributed by atoms with van der Waals surface area (Å²) >= 11 is 17.4. The van der Waals surface area contributed by atoms with Gasteiger partial charge in [0.2, 0.25) is 5.24 Å². The van der Waals surface area contributed by atoms with Gasteiger partial charge in [-0.1, -0.05) is 42.5 Å². The maximum absolute atomic E-state index is 15.2. The van der Waals surface area contributed by atoms with Gasteiger partial charge in [0, 0.05) is 0 Å². The van der Waals surface area contributed by atoms with E-state index in [1.54, 1.807) is 6.08 Å². The summed E-state index contributed by atoms with van der Waals surface area (Å²) in [6, 6.07) is 9.20. The number of hydrogen-bond donors (Lipinski definition) is 0. The molecule has 0 radical (unpaired) electrons. The second-order valence-corrected chi connectivity index (χ2v) is 6.40. The molecular weight excluding hydrogens is 322 g/mol. The molecule has 3 unspecified atom stereocenters. The van der Waals surface area contributed by atoms with Gasteiger partial charge in [-0.25, -0.2) is 4.39 Å². The highest BCUT2D eigenvalue weighted by molar-refractivity contribution is 6.69. The Kier molecular flexibility index (Phi) is 4.29. The molecule has 0 aliphatic heterocycles. The van der Waals surface area contributed by atoms with Gasteiger partial charge in [-0.15, -0.1) is 23.2 Å². The van der Waals surface area contributed by atoms with Gasteiger partial charge >= 0.3 is 0 Å². The molecule has 1 aliphatic carbocycles. The Morgan fingerprint density at radius 1 is 1.30 bits per heavy atom. The van der Waals surface area contributed by atoms with Crippen LogP contribution < -0.4 is 0 Å². The molecule has 5 heteroatoms. The number of allylic oxidation sites excluding steroid dienone is 4. The highest BCUT2D eigenvalue weighted by atomic mass is 35.5. The van der Waals surface area contributed by atoms with Crippen LogP contribution in [0.15, 0.2) is 48.6 Å². The Hall–Kier alpha value is -0.830. The van der Waals surface area contributed by atoms with Crippen LogP contribution in [-0.2, 0) is 4.79 Å². The van der Waals surface area contributed by atoms with Crippen LogP contribution in [-0.4, -0.2) is 21.2 Å². The third kappa shape index (κ3) is 2.65. The normalized spacial score (nSPS) is 30.8. The first-order chi connectivity index (χ1) is 9.28. The summed E-state index contributed by atoms with van der Waals surface area (Å²) in [7, 11) is 0. The monoisotopic (exact) mass is 332 g/mol. The topological polar surface area (TPSA) is 17.1 Å². The Balaban J connectivity index is 2.51. The average molecular weight is 334 g/mol. The molecular formula is C15H12Cl3FO. The molecule has 1 aliphatic rings. The van der Waals surface area contributed by atoms with Gasteiger partial charge in [0.05, 0.1) is 4.87 Å². The first kappa shape index (κ1) is 15.6. The van der Waals surface area contributed by atoms with Gasteiger partial charge in [-0.2, -0.15) is 0 Å². The molecule has 1 aromatic carbocycles. The minimum absolute atomic E-state index is 0.606. The number of carbonyl (C=O) groups excluding carboxylic acids is 1. The van der Waals surface area contributed by atoms with Crippen LogP contribution in [0.2, 0.25) is 0 Å². The number of alkyl halides is 3. The molecule has 2 rings (SSSR count). The highest BCUT2D eigenvalue weighted by Gasteiger charge is 2.54. The highest BCUT2D eigenvalue weighted by Crippen LogP contribution is 2.46. The van der Waals surface area contributed by atoms with E-state index in [4.69, 9.17) is 34.8 Å². The van der Waals surface area contributed by atoms with Crippen LogP contribution in [0.4, 0.5) is 4.39 Å². The molecule has 3 atom stereocenters. The van der Waals surface area contributed by atoms with Crippen molar-refractivity contribution in [1.82, 2.24) is 0 Å². The van der Waals surface area contributed by atoms with Crippen LogP contribution in [0.3, 0.4) is 0 Å². The Bertz CT molecular complexity index is 580. The largest absolute Gasteiger partial charge is 0.279 e. The van der Waals surface area contributed by atoms with E-state index >= 15 is 4.39 Å². The third-order valence-electron chi connectivity index (χ3n) is 3.37. The van der Waals surface area contributed by atoms with Crippen molar-refractivity contribution in [3.63, 3.8) is 0 Å². The molecule has 0 aromatic heterocycles. The van der Waals surface area contributed by atoms with Crippen LogP contribution in [0, 0.1) is 0 Å². The van der Waals surface area contributed by atoms with Crippen LogP contribution in [0.1, 0.15) is 12.5 Å². The molecule has 0 heterocycles. The Morgan fingerprint density at radius 2 is 1.90 bits per heavy atom. The first-order valence-electron chi connectivity index (χ1n) is 5.97. The molecule has 0 N–H and O–H groups in total. The predicted molar refractivity (Wildman–Crippen MR) is 82.2 cm³/mol. The van der Waals surface area contributed by atoms with Crippen molar-refractivity contribution < 1.29 is 9.18 Å². The number of benzene rings is 1. The van der Waals surface area contributed by atoms with Gasteiger partial charge in [0.1, 0.15) is 5.38 Å². The number of rotatable bonds is 3. The Morgan fingerprint density at radius 3 is 2.45 bits per heavy atom. The van der Waals surface area contributed by atoms with Crippen molar-refractivity contribution in [1.29, 1.82) is 0 Å². The zero-order valence-electron chi connectivity index (χ0n) is 10.6. The zero-order valence-corrected chi connectivity index (χ0v) is 12.9. The van der Waals surface area contributed by atoms with Crippen molar-refractivity contribution in [2.75, 3.05) is 0 Å². The van der Waals surface area contributed by atoms with E-state index in [1.807, 2.05) is 30.3 Å². The maximum atomic E-state index is 15.2. The van der Waals surface area contributed by atoms with E-state index in [2.05, 4.69) is 0 Å². The fraction of sp³-hybridized carbons (Fsp3) is 0.267. The number of carbonyl (C=O) groups is 1. The fourth-order valence-electron chi connectivity index (χ4n) is 2.09. The molecule has 0 bridgehead atoms. The minimum Gasteiger partial charge on any atom is -0.279 e. The number of hydrogen-bond acceptors (Lipinski definition) is 1. The van der Waals surface area contributed by atoms with Crippen molar-refractivity contribution in [3.8, 4) is 0 Å². The van der Waals surface area contributed by atoms with Crippen molar-refractivity contribution >= 4 is 45.6 Å². The van der Waals surface area contributed by atoms with E-state index in [0.717, 1.165) is 5.56 Å². The average Bonchev–Trinajstić information content (AvgIpc) is 2.42. The third-order valence-corrected chi connectivity index (χ3v) is 4.63. The summed E-state index contributed by atoms with van der Waals surface area (Å²) in [6.45, 7) is 1.46. The molecule has 0 saturated heterocycles. The van der Waals surface area contributed by atoms with Gasteiger partial charge in [0.25, 0.3) is 0 Å². The molecule has 1 nitrogen and oxygen atoms in total. The lowest BCUT2D eigenvalue weighted by Gasteiger charge is -2.38. The summed E-state index contributed by atoms with van der Waals surface area (Å²) < 4.78 is 15.2. The van der Waals surface area contributed by atoms with Gasteiger partial charge in [0.15, 0.2) is 5.67 Å². The van der Waals surface area contributed by atoms with Crippen molar-refractivity contribution in [2.45, 2.75) is 22.8 Å². The first-order valence-corrected chi connectivity index (χ1v) is 7.16. The van der Waals surface area contributed by atoms with Crippen LogP contribution in [0.5, 0.6) is 0 Å². The molecule has 1 aromatic rings. The summed E-state index contributed by atoms with van der Waals surface area (Å²) in [6.07, 6.45) is 4.47. The molecule has 0 amide bonds. The summed E-state index contributed by atoms with van der Waals surface area (Å²) in [5.74, 6) is 0. The van der Waals surface area contributed by atoms with E-state index in [1.165, 1.54) is 19.1 Å². The fourth-order valence-corrected chi connectivity index (χ4v) is 2.82. The Labute approximate surface area is 132 Å². The second-order valence-electron chi connectivity index (χ2n) is 4.81. The van der Waals surface area contributed by atoms with Gasteiger partial charge < -0.3 is 0 Å². The van der Waals surface area contributed by atoms with Gasteiger partial charge in [-0.05, 0) is 35.7 Å². The summed E-state index contributed by atoms with van der Waals surface area (Å²) in [4.78, 5) is 9.82. The molecule has 0 saturated carbocycles. The van der Waals surface area contributed by atoms with Crippen LogP contribution in [0.25, 0.3) is 5.57 Å². The molecule has 0 spiro atoms. The summed E-state index contributed by atoms with van der Waals surface area (Å²) in [5.41, 5.74) is -0.854. The molecule has 106 valence electrons. The van der Waals surface area contributed by atoms with Crippen molar-refractivity contribution in [2.24, 2.45) is 0 Å². The number of halogens is 4. The SMILES string of the molecule is CC1(Cl)C=CC(c2ccccc2)=CC1(F)C(Cl)C(=O)Cl. The smallest absolute Gasteiger partial charge is 0.243 e.